The van der Waals surface area contributed by atoms with Crippen molar-refractivity contribution < 1.29 is 32.2 Å². The van der Waals surface area contributed by atoms with Crippen molar-refractivity contribution in [3.63, 3.8) is 0 Å². The van der Waals surface area contributed by atoms with Crippen LogP contribution in [0.5, 0.6) is 17.2 Å². The van der Waals surface area contributed by atoms with Gasteiger partial charge in [-0.1, -0.05) is 18.2 Å². The summed E-state index contributed by atoms with van der Waals surface area (Å²) in [5, 5.41) is 2.80. The summed E-state index contributed by atoms with van der Waals surface area (Å²) in [6, 6.07) is 13.4. The SMILES string of the molecule is COc1cc(-c2cc(C(=O)Nc3ccc(F)c(F)c3F)c3ccccc3n2)cc(OC)c1OC. The lowest BCUT2D eigenvalue weighted by molar-refractivity contribution is 0.102. The molecule has 0 unspecified atom stereocenters. The number of benzene rings is 3. The van der Waals surface area contributed by atoms with Crippen molar-refractivity contribution in [3.05, 3.63) is 77.6 Å². The van der Waals surface area contributed by atoms with E-state index >= 15 is 0 Å². The zero-order chi connectivity index (χ0) is 24.4. The summed E-state index contributed by atoms with van der Waals surface area (Å²) in [5.41, 5.74) is 1.12. The number of nitrogens with one attached hydrogen (secondary N) is 1. The number of fused-ring (bicyclic) bond motifs is 1. The number of ether oxygens (including phenoxy) is 3. The van der Waals surface area contributed by atoms with Crippen molar-refractivity contribution in [3.8, 4) is 28.5 Å². The topological polar surface area (TPSA) is 69.7 Å². The molecule has 0 spiro atoms. The van der Waals surface area contributed by atoms with Gasteiger partial charge in [-0.05, 0) is 36.4 Å². The third kappa shape index (κ3) is 4.07. The summed E-state index contributed by atoms with van der Waals surface area (Å²) in [4.78, 5) is 17.7. The zero-order valence-corrected chi connectivity index (χ0v) is 18.4. The summed E-state index contributed by atoms with van der Waals surface area (Å²) in [6.45, 7) is 0. The van der Waals surface area contributed by atoms with Gasteiger partial charge in [0.05, 0.1) is 43.8 Å². The molecule has 0 saturated heterocycles. The van der Waals surface area contributed by atoms with Crippen molar-refractivity contribution in [2.75, 3.05) is 26.6 Å². The maximum atomic E-state index is 14.2. The Bertz CT molecular complexity index is 1380. The van der Waals surface area contributed by atoms with Crippen LogP contribution in [0, 0.1) is 17.5 Å². The molecule has 4 aromatic rings. The number of para-hydroxylation sites is 1. The highest BCUT2D eigenvalue weighted by molar-refractivity contribution is 6.13. The maximum Gasteiger partial charge on any atom is 0.256 e. The van der Waals surface area contributed by atoms with Crippen LogP contribution in [0.15, 0.2) is 54.6 Å². The summed E-state index contributed by atoms with van der Waals surface area (Å²) >= 11 is 0. The Balaban J connectivity index is 1.85. The number of aromatic nitrogens is 1. The third-order valence-corrected chi connectivity index (χ3v) is 5.20. The van der Waals surface area contributed by atoms with Crippen molar-refractivity contribution in [1.82, 2.24) is 4.98 Å². The number of hydrogen-bond acceptors (Lipinski definition) is 5. The number of hydrogen-bond donors (Lipinski definition) is 1. The average molecular weight is 468 g/mol. The van der Waals surface area contributed by atoms with E-state index in [-0.39, 0.29) is 5.56 Å². The second-order valence-electron chi connectivity index (χ2n) is 7.16. The van der Waals surface area contributed by atoms with Gasteiger partial charge >= 0.3 is 0 Å². The highest BCUT2D eigenvalue weighted by Crippen LogP contribution is 2.41. The van der Waals surface area contributed by atoms with E-state index in [1.54, 1.807) is 36.4 Å². The minimum absolute atomic E-state index is 0.151. The Kier molecular flexibility index (Phi) is 6.27. The zero-order valence-electron chi connectivity index (χ0n) is 18.4. The van der Waals surface area contributed by atoms with Crippen LogP contribution in [0.1, 0.15) is 10.4 Å². The van der Waals surface area contributed by atoms with E-state index in [0.29, 0.717) is 39.4 Å². The molecule has 0 aliphatic rings. The van der Waals surface area contributed by atoms with Crippen LogP contribution in [0.4, 0.5) is 18.9 Å². The fourth-order valence-corrected chi connectivity index (χ4v) is 3.55. The molecule has 34 heavy (non-hydrogen) atoms. The molecule has 6 nitrogen and oxygen atoms in total. The number of halogens is 3. The molecule has 0 saturated carbocycles. The van der Waals surface area contributed by atoms with Crippen LogP contribution in [0.3, 0.4) is 0 Å². The van der Waals surface area contributed by atoms with Crippen molar-refractivity contribution in [2.45, 2.75) is 0 Å². The molecular weight excluding hydrogens is 449 g/mol. The Morgan fingerprint density at radius 1 is 0.853 bits per heavy atom. The van der Waals surface area contributed by atoms with E-state index in [1.807, 2.05) is 0 Å². The van der Waals surface area contributed by atoms with E-state index < -0.39 is 29.0 Å². The fraction of sp³-hybridized carbons (Fsp3) is 0.120. The molecule has 1 amide bonds. The molecule has 1 heterocycles. The number of nitrogens with zero attached hydrogens (tertiary/aromatic N) is 1. The quantitative estimate of drug-likeness (QED) is 0.373. The lowest BCUT2D eigenvalue weighted by Crippen LogP contribution is -2.15. The molecular formula is C25H19F3N2O4. The standard InChI is InChI=1S/C25H19F3N2O4/c1-32-20-10-13(11-21(33-2)24(20)34-3)19-12-15(14-6-4-5-7-17(14)29-19)25(31)30-18-9-8-16(26)22(27)23(18)28/h4-12H,1-3H3,(H,30,31). The van der Waals surface area contributed by atoms with Gasteiger partial charge in [-0.15, -0.1) is 0 Å². The summed E-state index contributed by atoms with van der Waals surface area (Å²) in [7, 11) is 4.43. The van der Waals surface area contributed by atoms with E-state index in [4.69, 9.17) is 14.2 Å². The lowest BCUT2D eigenvalue weighted by Gasteiger charge is -2.15. The average Bonchev–Trinajstić information content (AvgIpc) is 2.87. The molecule has 0 bridgehead atoms. The first-order valence-electron chi connectivity index (χ1n) is 10.0. The smallest absolute Gasteiger partial charge is 0.256 e. The maximum absolute atomic E-state index is 14.2. The van der Waals surface area contributed by atoms with Gasteiger partial charge in [-0.25, -0.2) is 18.2 Å². The predicted molar refractivity (Wildman–Crippen MR) is 121 cm³/mol. The molecule has 3 aromatic carbocycles. The second-order valence-corrected chi connectivity index (χ2v) is 7.16. The fourth-order valence-electron chi connectivity index (χ4n) is 3.55. The minimum atomic E-state index is -1.67. The summed E-state index contributed by atoms with van der Waals surface area (Å²) < 4.78 is 57.2. The van der Waals surface area contributed by atoms with Gasteiger partial charge in [0.1, 0.15) is 0 Å². The highest BCUT2D eigenvalue weighted by Gasteiger charge is 2.20. The monoisotopic (exact) mass is 468 g/mol. The Morgan fingerprint density at radius 2 is 1.53 bits per heavy atom. The van der Waals surface area contributed by atoms with Crippen molar-refractivity contribution in [2.24, 2.45) is 0 Å². The van der Waals surface area contributed by atoms with Crippen LogP contribution in [0.25, 0.3) is 22.2 Å². The summed E-state index contributed by atoms with van der Waals surface area (Å²) in [5.74, 6) is -4.07. The van der Waals surface area contributed by atoms with Gasteiger partial charge in [-0.2, -0.15) is 0 Å². The number of rotatable bonds is 6. The molecule has 1 aromatic heterocycles. The van der Waals surface area contributed by atoms with Gasteiger partial charge in [0.2, 0.25) is 5.75 Å². The van der Waals surface area contributed by atoms with E-state index in [0.717, 1.165) is 12.1 Å². The van der Waals surface area contributed by atoms with Crippen molar-refractivity contribution in [1.29, 1.82) is 0 Å². The first-order chi connectivity index (χ1) is 16.4. The molecule has 0 aliphatic heterocycles. The van der Waals surface area contributed by atoms with Gasteiger partial charge in [0.15, 0.2) is 29.0 Å². The number of carbonyl (C=O) groups is 1. The second kappa shape index (κ2) is 9.30. The van der Waals surface area contributed by atoms with Crippen LogP contribution in [-0.2, 0) is 0 Å². The van der Waals surface area contributed by atoms with Crippen LogP contribution < -0.4 is 19.5 Å². The van der Waals surface area contributed by atoms with Crippen LogP contribution in [0.2, 0.25) is 0 Å². The van der Waals surface area contributed by atoms with Crippen LogP contribution in [-0.4, -0.2) is 32.2 Å². The van der Waals surface area contributed by atoms with Gasteiger partial charge in [0, 0.05) is 10.9 Å². The first-order valence-corrected chi connectivity index (χ1v) is 10.0. The van der Waals surface area contributed by atoms with Gasteiger partial charge in [-0.3, -0.25) is 4.79 Å². The highest BCUT2D eigenvalue weighted by atomic mass is 19.2. The number of amides is 1. The Morgan fingerprint density at radius 3 is 2.18 bits per heavy atom. The lowest BCUT2D eigenvalue weighted by atomic mass is 10.0. The molecule has 0 radical (unpaired) electrons. The normalized spacial score (nSPS) is 10.8. The van der Waals surface area contributed by atoms with Gasteiger partial charge in [0.25, 0.3) is 5.91 Å². The van der Waals surface area contributed by atoms with Crippen LogP contribution >= 0.6 is 0 Å². The van der Waals surface area contributed by atoms with E-state index in [1.165, 1.54) is 27.4 Å². The van der Waals surface area contributed by atoms with E-state index in [9.17, 15) is 18.0 Å². The first kappa shape index (κ1) is 22.9. The number of methoxy groups -OCH3 is 3. The minimum Gasteiger partial charge on any atom is -0.493 e. The Hall–Kier alpha value is -4.27. The number of anilines is 1. The summed E-state index contributed by atoms with van der Waals surface area (Å²) in [6.07, 6.45) is 0. The predicted octanol–water partition coefficient (Wildman–Crippen LogP) is 5.60. The number of pyridine rings is 1. The van der Waals surface area contributed by atoms with Gasteiger partial charge < -0.3 is 19.5 Å². The third-order valence-electron chi connectivity index (χ3n) is 5.20. The molecule has 9 heteroatoms. The van der Waals surface area contributed by atoms with E-state index in [2.05, 4.69) is 10.3 Å². The molecule has 0 fully saturated rings. The molecule has 1 N–H and O–H groups in total. The number of carbonyl (C=O) groups excluding carboxylic acids is 1. The molecule has 174 valence electrons. The van der Waals surface area contributed by atoms with Crippen molar-refractivity contribution >= 4 is 22.5 Å². The molecule has 0 aliphatic carbocycles. The largest absolute Gasteiger partial charge is 0.493 e. The molecule has 0 atom stereocenters. The Labute approximate surface area is 192 Å². The molecule has 4 rings (SSSR count).